The van der Waals surface area contributed by atoms with Crippen molar-refractivity contribution in [3.05, 3.63) is 133 Å². The van der Waals surface area contributed by atoms with E-state index in [0.29, 0.717) is 11.8 Å². The molecule has 53 heavy (non-hydrogen) atoms. The molecule has 12 rings (SSSR count). The van der Waals surface area contributed by atoms with E-state index in [9.17, 15) is 0 Å². The molecular weight excluding hydrogens is 654 g/mol. The first-order valence-electron chi connectivity index (χ1n) is 18.2. The molecule has 4 aliphatic rings. The second-order valence-corrected chi connectivity index (χ2v) is 15.5. The molecule has 0 saturated heterocycles. The molecule has 6 heterocycles. The number of ether oxygens (including phenoxy) is 4. The van der Waals surface area contributed by atoms with Crippen LogP contribution in [0, 0.1) is 0 Å². The van der Waals surface area contributed by atoms with Crippen molar-refractivity contribution < 1.29 is 18.9 Å². The number of pyridine rings is 1. The van der Waals surface area contributed by atoms with Crippen molar-refractivity contribution in [1.82, 2.24) is 9.55 Å². The van der Waals surface area contributed by atoms with Gasteiger partial charge in [-0.2, -0.15) is 4.98 Å². The van der Waals surface area contributed by atoms with Crippen LogP contribution in [0.1, 0.15) is 26.3 Å². The predicted molar refractivity (Wildman–Crippen MR) is 213 cm³/mol. The number of nitrogens with zero attached hydrogens (tertiary/aromatic N) is 2. The summed E-state index contributed by atoms with van der Waals surface area (Å²) in [5.41, 5.74) is 10.4. The van der Waals surface area contributed by atoms with Crippen molar-refractivity contribution in [3.8, 4) is 51.9 Å². The Hall–Kier alpha value is -6.40. The lowest BCUT2D eigenvalue weighted by molar-refractivity contribution is 0.423. The fourth-order valence-corrected chi connectivity index (χ4v) is 8.97. The van der Waals surface area contributed by atoms with Gasteiger partial charge in [0.1, 0.15) is 34.5 Å². The van der Waals surface area contributed by atoms with Gasteiger partial charge in [-0.25, -0.2) is 0 Å². The Morgan fingerprint density at radius 1 is 0.472 bits per heavy atom. The van der Waals surface area contributed by atoms with Crippen LogP contribution in [0.25, 0.3) is 27.5 Å². The largest absolute Gasteiger partial charge is 0.458 e. The lowest BCUT2D eigenvalue weighted by atomic mass is 9.32. The summed E-state index contributed by atoms with van der Waals surface area (Å²) in [6.45, 7) is 6.35. The Bertz CT molecular complexity index is 2870. The van der Waals surface area contributed by atoms with Crippen molar-refractivity contribution in [2.24, 2.45) is 0 Å². The molecule has 6 aromatic carbocycles. The molecule has 8 aromatic rings. The van der Waals surface area contributed by atoms with Gasteiger partial charge in [0.15, 0.2) is 0 Å². The maximum atomic E-state index is 6.90. The first-order valence-corrected chi connectivity index (χ1v) is 18.2. The molecule has 0 aliphatic carbocycles. The predicted octanol–water partition coefficient (Wildman–Crippen LogP) is 6.93. The number of fused-ring (bicyclic) bond motifs is 11. The van der Waals surface area contributed by atoms with Crippen molar-refractivity contribution in [3.63, 3.8) is 0 Å². The van der Waals surface area contributed by atoms with Crippen molar-refractivity contribution in [1.29, 1.82) is 0 Å². The topological polar surface area (TPSA) is 54.7 Å². The fourth-order valence-electron chi connectivity index (χ4n) is 8.97. The van der Waals surface area contributed by atoms with E-state index in [0.717, 1.165) is 89.6 Å². The summed E-state index contributed by atoms with van der Waals surface area (Å²) in [4.78, 5) is 5.25. The van der Waals surface area contributed by atoms with E-state index in [4.69, 9.17) is 23.9 Å². The van der Waals surface area contributed by atoms with E-state index >= 15 is 0 Å². The van der Waals surface area contributed by atoms with Crippen LogP contribution >= 0.6 is 0 Å². The minimum atomic E-state index is -0.155. The van der Waals surface area contributed by atoms with Crippen molar-refractivity contribution >= 4 is 68.0 Å². The number of hydrogen-bond acceptors (Lipinski definition) is 5. The molecule has 0 atom stereocenters. The summed E-state index contributed by atoms with van der Waals surface area (Å²) in [5.74, 6) is 5.89. The third-order valence-electron chi connectivity index (χ3n) is 11.4. The van der Waals surface area contributed by atoms with E-state index in [-0.39, 0.29) is 18.8 Å². The molecule has 0 bridgehead atoms. The van der Waals surface area contributed by atoms with E-state index in [1.807, 2.05) is 12.1 Å². The number of para-hydroxylation sites is 4. The third kappa shape index (κ3) is 3.98. The van der Waals surface area contributed by atoms with Crippen LogP contribution in [0.2, 0.25) is 0 Å². The molecule has 0 unspecified atom stereocenters. The number of aromatic nitrogens is 2. The molecule has 8 heteroatoms. The van der Waals surface area contributed by atoms with E-state index in [2.05, 4.69) is 141 Å². The zero-order valence-electron chi connectivity index (χ0n) is 29.3. The van der Waals surface area contributed by atoms with E-state index in [1.165, 1.54) is 10.8 Å². The molecule has 0 spiro atoms. The van der Waals surface area contributed by atoms with Crippen LogP contribution in [0.15, 0.2) is 127 Å². The second-order valence-electron chi connectivity index (χ2n) is 15.5. The smallest absolute Gasteiger partial charge is 0.262 e. The first kappa shape index (κ1) is 29.2. The highest BCUT2D eigenvalue weighted by atomic mass is 16.5. The SMILES string of the molecule is CC(C)(C)c1cc2c3c(c1)Oc1nc4c(cc1B3c1ccccc1O2)B1c2ccccc2Oc2cc(-n3c5ccccc5c5ccccc53)cc(c21)O4. The summed E-state index contributed by atoms with van der Waals surface area (Å²) < 4.78 is 29.3. The fraction of sp³-hybridized carbons (Fsp3) is 0.0889. The van der Waals surface area contributed by atoms with Crippen LogP contribution in [0.4, 0.5) is 0 Å². The molecule has 0 amide bonds. The highest BCUT2D eigenvalue weighted by molar-refractivity contribution is 7.00. The molecule has 2 aromatic heterocycles. The average Bonchev–Trinajstić information content (AvgIpc) is 3.51. The molecule has 0 fully saturated rings. The van der Waals surface area contributed by atoms with Crippen LogP contribution < -0.4 is 51.7 Å². The summed E-state index contributed by atoms with van der Waals surface area (Å²) in [6.07, 6.45) is 0. The molecule has 0 N–H and O–H groups in total. The zero-order valence-corrected chi connectivity index (χ0v) is 29.3. The molecule has 6 nitrogen and oxygen atoms in total. The average molecular weight is 684 g/mol. The van der Waals surface area contributed by atoms with Crippen LogP contribution in [-0.2, 0) is 5.41 Å². The van der Waals surface area contributed by atoms with Crippen molar-refractivity contribution in [2.75, 3.05) is 0 Å². The summed E-state index contributed by atoms with van der Waals surface area (Å²) in [5, 5.41) is 2.39. The summed E-state index contributed by atoms with van der Waals surface area (Å²) in [6, 6.07) is 44.6. The Balaban J connectivity index is 1.09. The normalized spacial score (nSPS) is 14.1. The van der Waals surface area contributed by atoms with E-state index in [1.54, 1.807) is 0 Å². The minimum absolute atomic E-state index is 0.108. The Labute approximate surface area is 306 Å². The van der Waals surface area contributed by atoms with Crippen LogP contribution in [0.5, 0.6) is 46.3 Å². The van der Waals surface area contributed by atoms with Gasteiger partial charge in [-0.05, 0) is 69.2 Å². The quantitative estimate of drug-likeness (QED) is 0.176. The van der Waals surface area contributed by atoms with Gasteiger partial charge in [-0.1, -0.05) is 99.6 Å². The highest BCUT2D eigenvalue weighted by Crippen LogP contribution is 2.42. The Kier molecular flexibility index (Phi) is 5.59. The standard InChI is InChI=1S/C45H30B2N2O4/c1-45(2,3)25-20-37-41-38(21-25)52-43-31(46(41)29-14-6-10-18-35(29)50-37)24-32-44(48-43)53-40-23-26(22-39-42(40)47(32)30-15-7-11-19-36(30)51-39)49-33-16-8-4-12-27(33)28-13-5-9-17-34(28)49/h4-24H,1-3H3. The number of hydrogen-bond donors (Lipinski definition) is 0. The number of benzene rings is 6. The zero-order chi connectivity index (χ0) is 35.2. The molecule has 250 valence electrons. The van der Waals surface area contributed by atoms with Gasteiger partial charge in [0.2, 0.25) is 11.8 Å². The maximum Gasteiger partial charge on any atom is 0.262 e. The molecule has 0 radical (unpaired) electrons. The summed E-state index contributed by atoms with van der Waals surface area (Å²) in [7, 11) is 0. The summed E-state index contributed by atoms with van der Waals surface area (Å²) >= 11 is 0. The van der Waals surface area contributed by atoms with Gasteiger partial charge in [0, 0.05) is 33.8 Å². The minimum Gasteiger partial charge on any atom is -0.458 e. The maximum absolute atomic E-state index is 6.90. The van der Waals surface area contributed by atoms with Gasteiger partial charge in [0.25, 0.3) is 13.4 Å². The molecule has 0 saturated carbocycles. The van der Waals surface area contributed by atoms with Gasteiger partial charge in [-0.15, -0.1) is 0 Å². The highest BCUT2D eigenvalue weighted by Gasteiger charge is 2.46. The van der Waals surface area contributed by atoms with Gasteiger partial charge < -0.3 is 23.5 Å². The van der Waals surface area contributed by atoms with Gasteiger partial charge in [-0.3, -0.25) is 0 Å². The lowest BCUT2D eigenvalue weighted by Crippen LogP contribution is -2.62. The Morgan fingerprint density at radius 3 is 1.47 bits per heavy atom. The lowest BCUT2D eigenvalue weighted by Gasteiger charge is -2.36. The van der Waals surface area contributed by atoms with Crippen molar-refractivity contribution in [2.45, 2.75) is 26.2 Å². The second kappa shape index (κ2) is 10.1. The monoisotopic (exact) mass is 684 g/mol. The van der Waals surface area contributed by atoms with Crippen LogP contribution in [0.3, 0.4) is 0 Å². The van der Waals surface area contributed by atoms with Crippen LogP contribution in [-0.4, -0.2) is 23.0 Å². The Morgan fingerprint density at radius 2 is 0.925 bits per heavy atom. The van der Waals surface area contributed by atoms with Gasteiger partial charge >= 0.3 is 0 Å². The molecule has 4 aliphatic heterocycles. The van der Waals surface area contributed by atoms with E-state index < -0.39 is 0 Å². The van der Waals surface area contributed by atoms with Gasteiger partial charge in [0.05, 0.1) is 16.7 Å². The third-order valence-corrected chi connectivity index (χ3v) is 11.4. The molecular formula is C45H30B2N2O4. The first-order chi connectivity index (χ1) is 25.9. The number of rotatable bonds is 1.